The summed E-state index contributed by atoms with van der Waals surface area (Å²) in [7, 11) is 0. The van der Waals surface area contributed by atoms with Crippen LogP contribution in [0.15, 0.2) is 48.5 Å². The van der Waals surface area contributed by atoms with E-state index in [-0.39, 0.29) is 12.8 Å². The molecule has 0 aliphatic rings. The van der Waals surface area contributed by atoms with Gasteiger partial charge in [0.05, 0.1) is 0 Å². The van der Waals surface area contributed by atoms with E-state index in [2.05, 4.69) is 5.32 Å². The highest BCUT2D eigenvalue weighted by Gasteiger charge is 2.41. The Morgan fingerprint density at radius 2 is 1.35 bits per heavy atom. The minimum Gasteiger partial charge on any atom is -0.480 e. The second kappa shape index (κ2) is 9.92. The highest BCUT2D eigenvalue weighted by molar-refractivity contribution is 5.92. The van der Waals surface area contributed by atoms with Gasteiger partial charge >= 0.3 is 18.1 Å². The molecule has 0 radical (unpaired) electrons. The number of hydrogen-bond acceptors (Lipinski definition) is 4. The Labute approximate surface area is 174 Å². The van der Waals surface area contributed by atoms with Crippen LogP contribution in [0.3, 0.4) is 0 Å². The van der Waals surface area contributed by atoms with Crippen LogP contribution < -0.4 is 16.4 Å². The molecule has 31 heavy (non-hydrogen) atoms. The van der Waals surface area contributed by atoms with Crippen LogP contribution in [0.25, 0.3) is 0 Å². The van der Waals surface area contributed by atoms with E-state index < -0.39 is 41.9 Å². The molecule has 0 saturated heterocycles. The van der Waals surface area contributed by atoms with Gasteiger partial charge in [0.1, 0.15) is 17.9 Å². The summed E-state index contributed by atoms with van der Waals surface area (Å²) in [4.78, 5) is 35.5. The SMILES string of the molecule is Nc1ccc(C[C@H](NC(=O)C(F)(F)F)C(=O)N[C@@H](Cc2ccc(F)cc2)C(=O)O)cc1. The maximum absolute atomic E-state index is 13.0. The fourth-order valence-electron chi connectivity index (χ4n) is 2.67. The largest absolute Gasteiger partial charge is 0.480 e. The van der Waals surface area contributed by atoms with E-state index in [1.807, 2.05) is 0 Å². The van der Waals surface area contributed by atoms with Gasteiger partial charge in [-0.2, -0.15) is 13.2 Å². The molecule has 0 aliphatic heterocycles. The van der Waals surface area contributed by atoms with Crippen molar-refractivity contribution in [1.82, 2.24) is 10.6 Å². The summed E-state index contributed by atoms with van der Waals surface area (Å²) in [5.74, 6) is -5.46. The van der Waals surface area contributed by atoms with Crippen molar-refractivity contribution in [2.45, 2.75) is 31.1 Å². The van der Waals surface area contributed by atoms with Crippen LogP contribution >= 0.6 is 0 Å². The third kappa shape index (κ3) is 7.28. The number of amides is 2. The molecule has 0 aliphatic carbocycles. The number of rotatable bonds is 8. The maximum atomic E-state index is 13.0. The van der Waals surface area contributed by atoms with Gasteiger partial charge in [-0.3, -0.25) is 9.59 Å². The molecule has 2 aromatic rings. The van der Waals surface area contributed by atoms with Gasteiger partial charge in [0.15, 0.2) is 0 Å². The molecule has 0 spiro atoms. The summed E-state index contributed by atoms with van der Waals surface area (Å²) < 4.78 is 51.1. The lowest BCUT2D eigenvalue weighted by molar-refractivity contribution is -0.174. The number of alkyl halides is 3. The average molecular weight is 441 g/mol. The first-order valence-corrected chi connectivity index (χ1v) is 8.95. The van der Waals surface area contributed by atoms with Crippen LogP contribution in [-0.2, 0) is 27.2 Å². The fourth-order valence-corrected chi connectivity index (χ4v) is 2.67. The zero-order chi connectivity index (χ0) is 23.2. The van der Waals surface area contributed by atoms with Crippen molar-refractivity contribution in [1.29, 1.82) is 0 Å². The van der Waals surface area contributed by atoms with Gasteiger partial charge in [0.2, 0.25) is 5.91 Å². The van der Waals surface area contributed by atoms with Crippen molar-refractivity contribution >= 4 is 23.5 Å². The second-order valence-corrected chi connectivity index (χ2v) is 6.70. The van der Waals surface area contributed by atoms with Crippen LogP contribution in [0.1, 0.15) is 11.1 Å². The lowest BCUT2D eigenvalue weighted by Crippen LogP contribution is -2.55. The van der Waals surface area contributed by atoms with Crippen LogP contribution in [0.5, 0.6) is 0 Å². The number of carbonyl (C=O) groups is 3. The summed E-state index contributed by atoms with van der Waals surface area (Å²) in [5, 5.41) is 13.1. The highest BCUT2D eigenvalue weighted by Crippen LogP contribution is 2.16. The zero-order valence-corrected chi connectivity index (χ0v) is 15.9. The Balaban J connectivity index is 2.19. The molecule has 11 heteroatoms. The van der Waals surface area contributed by atoms with Crippen LogP contribution in [0.4, 0.5) is 23.2 Å². The van der Waals surface area contributed by atoms with Gasteiger partial charge in [0.25, 0.3) is 0 Å². The Kier molecular flexibility index (Phi) is 7.56. The molecule has 5 N–H and O–H groups in total. The molecule has 0 bridgehead atoms. The number of nitrogen functional groups attached to an aromatic ring is 1. The first-order valence-electron chi connectivity index (χ1n) is 8.95. The third-order valence-electron chi connectivity index (χ3n) is 4.27. The number of aliphatic carboxylic acids is 1. The number of carboxylic acids is 1. The summed E-state index contributed by atoms with van der Waals surface area (Å²) >= 11 is 0. The van der Waals surface area contributed by atoms with Crippen LogP contribution in [0.2, 0.25) is 0 Å². The second-order valence-electron chi connectivity index (χ2n) is 6.70. The standard InChI is InChI=1S/C20H19F4N3O4/c21-13-5-1-11(2-6-13)10-16(18(29)30)26-17(28)15(27-19(31)20(22,23)24)9-12-3-7-14(25)8-4-12/h1-8,15-16H,9-10,25H2,(H,26,28)(H,27,31)(H,29,30)/t15-,16-/m0/s1. The van der Waals surface area contributed by atoms with Crippen molar-refractivity contribution in [2.24, 2.45) is 0 Å². The molecular formula is C20H19F4N3O4. The molecule has 7 nitrogen and oxygen atoms in total. The number of anilines is 1. The quantitative estimate of drug-likeness (QED) is 0.368. The summed E-state index contributed by atoms with van der Waals surface area (Å²) in [6, 6.07) is 7.46. The molecule has 2 atom stereocenters. The maximum Gasteiger partial charge on any atom is 0.471 e. The Morgan fingerprint density at radius 3 is 1.84 bits per heavy atom. The Hall–Kier alpha value is -3.63. The minimum absolute atomic E-state index is 0.247. The number of nitrogens with one attached hydrogen (secondary N) is 2. The normalized spacial score (nSPS) is 13.2. The third-order valence-corrected chi connectivity index (χ3v) is 4.27. The van der Waals surface area contributed by atoms with Crippen molar-refractivity contribution in [3.8, 4) is 0 Å². The molecular weight excluding hydrogens is 422 g/mol. The van der Waals surface area contributed by atoms with E-state index in [9.17, 15) is 37.1 Å². The number of carbonyl (C=O) groups excluding carboxylic acids is 2. The monoisotopic (exact) mass is 441 g/mol. The molecule has 2 amide bonds. The molecule has 0 unspecified atom stereocenters. The first kappa shape index (κ1) is 23.6. The van der Waals surface area contributed by atoms with Crippen molar-refractivity contribution in [3.05, 3.63) is 65.5 Å². The molecule has 0 heterocycles. The van der Waals surface area contributed by atoms with E-state index in [4.69, 9.17) is 5.73 Å². The van der Waals surface area contributed by atoms with Crippen LogP contribution in [0, 0.1) is 5.82 Å². The highest BCUT2D eigenvalue weighted by atomic mass is 19.4. The van der Waals surface area contributed by atoms with E-state index in [0.717, 1.165) is 12.1 Å². The molecule has 0 fully saturated rings. The number of nitrogens with two attached hydrogens (primary N) is 1. The number of hydrogen-bond donors (Lipinski definition) is 4. The number of benzene rings is 2. The predicted octanol–water partition coefficient (Wildman–Crippen LogP) is 1.81. The van der Waals surface area contributed by atoms with Crippen molar-refractivity contribution in [2.75, 3.05) is 5.73 Å². The van der Waals surface area contributed by atoms with Gasteiger partial charge in [-0.05, 0) is 35.4 Å². The van der Waals surface area contributed by atoms with Crippen LogP contribution in [-0.4, -0.2) is 41.2 Å². The van der Waals surface area contributed by atoms with Crippen molar-refractivity contribution < 1.29 is 37.1 Å². The topological polar surface area (TPSA) is 122 Å². The molecule has 0 aromatic heterocycles. The minimum atomic E-state index is -5.24. The van der Waals surface area contributed by atoms with E-state index in [1.165, 1.54) is 36.4 Å². The molecule has 0 saturated carbocycles. The Bertz CT molecular complexity index is 931. The summed E-state index contributed by atoms with van der Waals surface area (Å²) in [6.07, 6.45) is -5.82. The molecule has 166 valence electrons. The fraction of sp³-hybridized carbons (Fsp3) is 0.250. The number of halogens is 4. The summed E-state index contributed by atoms with van der Waals surface area (Å²) in [5.41, 5.74) is 6.70. The lowest BCUT2D eigenvalue weighted by Gasteiger charge is -2.22. The smallest absolute Gasteiger partial charge is 0.471 e. The molecule has 2 aromatic carbocycles. The van der Waals surface area contributed by atoms with E-state index >= 15 is 0 Å². The summed E-state index contributed by atoms with van der Waals surface area (Å²) in [6.45, 7) is 0. The van der Waals surface area contributed by atoms with Crippen molar-refractivity contribution in [3.63, 3.8) is 0 Å². The van der Waals surface area contributed by atoms with E-state index in [1.54, 1.807) is 5.32 Å². The van der Waals surface area contributed by atoms with Gasteiger partial charge < -0.3 is 21.5 Å². The average Bonchev–Trinajstić information content (AvgIpc) is 2.69. The predicted molar refractivity (Wildman–Crippen MR) is 102 cm³/mol. The van der Waals surface area contributed by atoms with Gasteiger partial charge in [0, 0.05) is 18.5 Å². The zero-order valence-electron chi connectivity index (χ0n) is 15.9. The van der Waals surface area contributed by atoms with Gasteiger partial charge in [-0.25, -0.2) is 9.18 Å². The lowest BCUT2D eigenvalue weighted by atomic mass is 10.0. The van der Waals surface area contributed by atoms with Gasteiger partial charge in [-0.1, -0.05) is 24.3 Å². The van der Waals surface area contributed by atoms with Gasteiger partial charge in [-0.15, -0.1) is 0 Å². The van der Waals surface area contributed by atoms with E-state index in [0.29, 0.717) is 16.8 Å². The number of carboxylic acid groups (broad SMARTS) is 1. The first-order chi connectivity index (χ1) is 14.5. The molecule has 2 rings (SSSR count). The Morgan fingerprint density at radius 1 is 0.871 bits per heavy atom.